The first kappa shape index (κ1) is 24.7. The van der Waals surface area contributed by atoms with Crippen molar-refractivity contribution in [2.24, 2.45) is 5.92 Å². The van der Waals surface area contributed by atoms with E-state index in [9.17, 15) is 9.90 Å². The lowest BCUT2D eigenvalue weighted by Gasteiger charge is -2.50. The van der Waals surface area contributed by atoms with E-state index >= 15 is 0 Å². The van der Waals surface area contributed by atoms with Gasteiger partial charge in [0.15, 0.2) is 0 Å². The van der Waals surface area contributed by atoms with Crippen molar-refractivity contribution in [1.29, 1.82) is 0 Å². The monoisotopic (exact) mass is 482 g/mol. The Morgan fingerprint density at radius 1 is 1.11 bits per heavy atom. The average molecular weight is 483 g/mol. The smallest absolute Gasteiger partial charge is 0.255 e. The largest absolute Gasteiger partial charge is 0.390 e. The topological polar surface area (TPSA) is 62.2 Å². The molecule has 1 fully saturated rings. The molecular weight excluding hydrogens is 444 g/mol. The van der Waals surface area contributed by atoms with Crippen LogP contribution in [-0.4, -0.2) is 21.6 Å². The highest BCUT2D eigenvalue weighted by Crippen LogP contribution is 2.54. The van der Waals surface area contributed by atoms with Gasteiger partial charge in [0.05, 0.1) is 17.0 Å². The molecule has 4 heteroatoms. The molecule has 5 rings (SSSR count). The second-order valence-corrected chi connectivity index (χ2v) is 11.0. The lowest BCUT2D eigenvalue weighted by atomic mass is 9.55. The second kappa shape index (κ2) is 10.2. The van der Waals surface area contributed by atoms with Gasteiger partial charge in [-0.05, 0) is 105 Å². The SMILES string of the molecule is CCCC1(O)CCC2(Cc3ccccc3)c3ccc(C(=O)Nc4cccnc4C)cc3CCCC2C1. The van der Waals surface area contributed by atoms with E-state index in [1.807, 2.05) is 25.1 Å². The Morgan fingerprint density at radius 3 is 2.72 bits per heavy atom. The molecule has 0 aliphatic heterocycles. The van der Waals surface area contributed by atoms with Gasteiger partial charge in [0.25, 0.3) is 5.91 Å². The van der Waals surface area contributed by atoms with Crippen LogP contribution in [0, 0.1) is 12.8 Å². The molecule has 0 spiro atoms. The van der Waals surface area contributed by atoms with Crippen LogP contribution in [0.25, 0.3) is 0 Å². The number of hydrogen-bond acceptors (Lipinski definition) is 3. The number of aryl methyl sites for hydroxylation is 2. The number of rotatable bonds is 6. The van der Waals surface area contributed by atoms with Gasteiger partial charge in [-0.3, -0.25) is 9.78 Å². The molecule has 3 atom stereocenters. The van der Waals surface area contributed by atoms with E-state index in [1.54, 1.807) is 6.20 Å². The van der Waals surface area contributed by atoms with Gasteiger partial charge >= 0.3 is 0 Å². The molecule has 3 unspecified atom stereocenters. The number of anilines is 1. The third kappa shape index (κ3) is 4.84. The van der Waals surface area contributed by atoms with Crippen LogP contribution in [0.3, 0.4) is 0 Å². The Balaban J connectivity index is 1.52. The Morgan fingerprint density at radius 2 is 1.94 bits per heavy atom. The van der Waals surface area contributed by atoms with Gasteiger partial charge in [0.2, 0.25) is 0 Å². The third-order valence-electron chi connectivity index (χ3n) is 8.68. The number of aromatic nitrogens is 1. The summed E-state index contributed by atoms with van der Waals surface area (Å²) in [4.78, 5) is 17.5. The number of carbonyl (C=O) groups excluding carboxylic acids is 1. The first-order chi connectivity index (χ1) is 17.4. The maximum Gasteiger partial charge on any atom is 0.255 e. The molecule has 2 N–H and O–H groups in total. The zero-order valence-corrected chi connectivity index (χ0v) is 21.6. The van der Waals surface area contributed by atoms with Crippen LogP contribution in [0.15, 0.2) is 66.9 Å². The van der Waals surface area contributed by atoms with Gasteiger partial charge in [-0.2, -0.15) is 0 Å². The molecule has 3 aromatic rings. The summed E-state index contributed by atoms with van der Waals surface area (Å²) in [5.74, 6) is 0.342. The van der Waals surface area contributed by atoms with Crippen LogP contribution in [0.5, 0.6) is 0 Å². The molecule has 1 aromatic heterocycles. The molecule has 0 radical (unpaired) electrons. The fraction of sp³-hybridized carbons (Fsp3) is 0.438. The summed E-state index contributed by atoms with van der Waals surface area (Å²) in [5, 5.41) is 14.5. The molecule has 2 aliphatic carbocycles. The van der Waals surface area contributed by atoms with Crippen LogP contribution >= 0.6 is 0 Å². The second-order valence-electron chi connectivity index (χ2n) is 11.0. The Hall–Kier alpha value is -2.98. The van der Waals surface area contributed by atoms with Crippen LogP contribution in [-0.2, 0) is 18.3 Å². The lowest BCUT2D eigenvalue weighted by molar-refractivity contribution is -0.0534. The fourth-order valence-corrected chi connectivity index (χ4v) is 6.91. The van der Waals surface area contributed by atoms with Gasteiger partial charge in [0.1, 0.15) is 0 Å². The summed E-state index contributed by atoms with van der Waals surface area (Å²) in [5.41, 5.74) is 5.74. The molecule has 4 nitrogen and oxygen atoms in total. The van der Waals surface area contributed by atoms with Crippen molar-refractivity contribution in [3.05, 3.63) is 94.8 Å². The number of hydrogen-bond donors (Lipinski definition) is 2. The highest BCUT2D eigenvalue weighted by molar-refractivity contribution is 6.04. The van der Waals surface area contributed by atoms with Gasteiger partial charge in [-0.25, -0.2) is 0 Å². The van der Waals surface area contributed by atoms with E-state index in [0.717, 1.165) is 69.2 Å². The highest BCUT2D eigenvalue weighted by atomic mass is 16.3. The van der Waals surface area contributed by atoms with Crippen LogP contribution in [0.2, 0.25) is 0 Å². The summed E-state index contributed by atoms with van der Waals surface area (Å²) in [6.07, 6.45) is 10.5. The van der Waals surface area contributed by atoms with Gasteiger partial charge in [-0.1, -0.05) is 49.7 Å². The molecule has 2 aliphatic rings. The molecular formula is C32H38N2O2. The average Bonchev–Trinajstić information content (AvgIpc) is 3.02. The minimum Gasteiger partial charge on any atom is -0.390 e. The minimum atomic E-state index is -0.550. The Labute approximate surface area is 215 Å². The Bertz CT molecular complexity index is 1220. The van der Waals surface area contributed by atoms with Crippen molar-refractivity contribution in [3.63, 3.8) is 0 Å². The molecule has 1 amide bonds. The number of pyridine rings is 1. The maximum atomic E-state index is 13.2. The van der Waals surface area contributed by atoms with Crippen molar-refractivity contribution in [3.8, 4) is 0 Å². The van der Waals surface area contributed by atoms with Crippen molar-refractivity contribution < 1.29 is 9.90 Å². The summed E-state index contributed by atoms with van der Waals surface area (Å²) >= 11 is 0. The predicted octanol–water partition coefficient (Wildman–Crippen LogP) is 6.79. The Kier molecular flexibility index (Phi) is 6.98. The van der Waals surface area contributed by atoms with E-state index in [-0.39, 0.29) is 11.3 Å². The van der Waals surface area contributed by atoms with Gasteiger partial charge in [0, 0.05) is 17.2 Å². The normalized spacial score (nSPS) is 25.4. The van der Waals surface area contributed by atoms with Crippen LogP contribution in [0.1, 0.15) is 84.6 Å². The number of benzene rings is 2. The first-order valence-electron chi connectivity index (χ1n) is 13.6. The third-order valence-corrected chi connectivity index (χ3v) is 8.68. The molecule has 36 heavy (non-hydrogen) atoms. The summed E-state index contributed by atoms with van der Waals surface area (Å²) in [6, 6.07) is 20.9. The highest BCUT2D eigenvalue weighted by Gasteiger charge is 2.50. The number of nitrogens with one attached hydrogen (secondary N) is 1. The fourth-order valence-electron chi connectivity index (χ4n) is 6.91. The van der Waals surface area contributed by atoms with E-state index in [4.69, 9.17) is 0 Å². The number of amides is 1. The van der Waals surface area contributed by atoms with E-state index < -0.39 is 5.60 Å². The molecule has 1 heterocycles. The van der Waals surface area contributed by atoms with Gasteiger partial charge < -0.3 is 10.4 Å². The van der Waals surface area contributed by atoms with Crippen LogP contribution < -0.4 is 5.32 Å². The standard InChI is InChI=1S/C32H38N2O2/c1-3-16-31(36)17-18-32(21-24-9-5-4-6-10-24)27(22-31)12-7-11-25-20-26(14-15-28(25)32)30(35)34-29-13-8-19-33-23(29)2/h4-6,8-10,13-15,19-20,27,36H,3,7,11-12,16-18,21-22H2,1-2H3,(H,34,35). The van der Waals surface area contributed by atoms with Crippen molar-refractivity contribution in [1.82, 2.24) is 4.98 Å². The lowest BCUT2D eigenvalue weighted by Crippen LogP contribution is -2.49. The van der Waals surface area contributed by atoms with Crippen molar-refractivity contribution in [2.75, 3.05) is 5.32 Å². The summed E-state index contributed by atoms with van der Waals surface area (Å²) < 4.78 is 0. The number of fused-ring (bicyclic) bond motifs is 3. The zero-order chi connectivity index (χ0) is 25.2. The summed E-state index contributed by atoms with van der Waals surface area (Å²) in [6.45, 7) is 4.08. The molecule has 188 valence electrons. The molecule has 1 saturated carbocycles. The van der Waals surface area contributed by atoms with E-state index in [2.05, 4.69) is 59.7 Å². The summed E-state index contributed by atoms with van der Waals surface area (Å²) in [7, 11) is 0. The number of aliphatic hydroxyl groups is 1. The molecule has 0 saturated heterocycles. The molecule has 2 aromatic carbocycles. The van der Waals surface area contributed by atoms with Crippen molar-refractivity contribution in [2.45, 2.75) is 82.7 Å². The van der Waals surface area contributed by atoms with E-state index in [1.165, 1.54) is 16.7 Å². The quantitative estimate of drug-likeness (QED) is 0.407. The number of carbonyl (C=O) groups is 1. The predicted molar refractivity (Wildman–Crippen MR) is 145 cm³/mol. The zero-order valence-electron chi connectivity index (χ0n) is 21.6. The number of nitrogens with zero attached hydrogens (tertiary/aromatic N) is 1. The van der Waals surface area contributed by atoms with Crippen molar-refractivity contribution >= 4 is 11.6 Å². The van der Waals surface area contributed by atoms with Crippen LogP contribution in [0.4, 0.5) is 5.69 Å². The maximum absolute atomic E-state index is 13.2. The minimum absolute atomic E-state index is 0.0118. The van der Waals surface area contributed by atoms with Gasteiger partial charge in [-0.15, -0.1) is 0 Å². The van der Waals surface area contributed by atoms with E-state index in [0.29, 0.717) is 11.5 Å². The first-order valence-corrected chi connectivity index (χ1v) is 13.6. The molecule has 0 bridgehead atoms.